The van der Waals surface area contributed by atoms with Crippen LogP contribution in [0.15, 0.2) is 18.2 Å². The first-order valence-electron chi connectivity index (χ1n) is 6.10. The summed E-state index contributed by atoms with van der Waals surface area (Å²) in [6.07, 6.45) is 0. The van der Waals surface area contributed by atoms with E-state index in [9.17, 15) is 14.9 Å². The van der Waals surface area contributed by atoms with Crippen molar-refractivity contribution in [3.63, 3.8) is 0 Å². The highest BCUT2D eigenvalue weighted by Crippen LogP contribution is 2.22. The number of hydrogen-bond donors (Lipinski definition) is 1. The lowest BCUT2D eigenvalue weighted by molar-refractivity contribution is -0.386. The lowest BCUT2D eigenvalue weighted by Crippen LogP contribution is -2.35. The highest BCUT2D eigenvalue weighted by atomic mass is 16.6. The molecule has 0 bridgehead atoms. The van der Waals surface area contributed by atoms with Crippen LogP contribution in [0.4, 0.5) is 5.69 Å². The molecule has 1 rings (SSSR count). The topological polar surface area (TPSA) is 81.5 Å². The van der Waals surface area contributed by atoms with Crippen LogP contribution < -0.4 is 5.32 Å². The molecule has 0 aromatic heterocycles. The molecular formula is C13H18N2O4. The number of carbonyl (C=O) groups excluding carboxylic acids is 1. The summed E-state index contributed by atoms with van der Waals surface area (Å²) in [5, 5.41) is 13.9. The van der Waals surface area contributed by atoms with Crippen LogP contribution in [0.25, 0.3) is 0 Å². The van der Waals surface area contributed by atoms with E-state index in [1.165, 1.54) is 0 Å². The number of nitro groups is 1. The van der Waals surface area contributed by atoms with Crippen LogP contribution >= 0.6 is 0 Å². The SMILES string of the molecule is CCOC(=O)[C@H](C)NCc1cccc(C)c1[N+](=O)[O-]. The number of rotatable bonds is 6. The number of carbonyl (C=O) groups is 1. The zero-order valence-electron chi connectivity index (χ0n) is 11.3. The van der Waals surface area contributed by atoms with Gasteiger partial charge in [0.15, 0.2) is 0 Å². The Morgan fingerprint density at radius 2 is 2.21 bits per heavy atom. The number of esters is 1. The van der Waals surface area contributed by atoms with Gasteiger partial charge in [-0.2, -0.15) is 0 Å². The Bertz CT molecular complexity index is 474. The van der Waals surface area contributed by atoms with Crippen molar-refractivity contribution in [1.29, 1.82) is 0 Å². The third kappa shape index (κ3) is 4.03. The van der Waals surface area contributed by atoms with E-state index in [1.807, 2.05) is 0 Å². The molecule has 6 nitrogen and oxygen atoms in total. The van der Waals surface area contributed by atoms with Gasteiger partial charge in [-0.3, -0.25) is 14.9 Å². The Morgan fingerprint density at radius 3 is 2.79 bits per heavy atom. The van der Waals surface area contributed by atoms with E-state index in [0.29, 0.717) is 17.7 Å². The molecule has 1 aromatic carbocycles. The van der Waals surface area contributed by atoms with Gasteiger partial charge >= 0.3 is 5.97 Å². The van der Waals surface area contributed by atoms with Gasteiger partial charge in [-0.15, -0.1) is 0 Å². The molecule has 104 valence electrons. The second-order valence-corrected chi connectivity index (χ2v) is 4.19. The number of nitrogens with zero attached hydrogens (tertiary/aromatic N) is 1. The summed E-state index contributed by atoms with van der Waals surface area (Å²) in [6, 6.07) is 4.63. The third-order valence-corrected chi connectivity index (χ3v) is 2.74. The maximum Gasteiger partial charge on any atom is 0.322 e. The fraction of sp³-hybridized carbons (Fsp3) is 0.462. The predicted molar refractivity (Wildman–Crippen MR) is 70.8 cm³/mol. The molecular weight excluding hydrogens is 248 g/mol. The molecule has 19 heavy (non-hydrogen) atoms. The van der Waals surface area contributed by atoms with Gasteiger partial charge < -0.3 is 10.1 Å². The predicted octanol–water partition coefficient (Wildman–Crippen LogP) is 1.94. The average molecular weight is 266 g/mol. The number of hydrogen-bond acceptors (Lipinski definition) is 5. The molecule has 1 atom stereocenters. The fourth-order valence-electron chi connectivity index (χ4n) is 1.74. The summed E-state index contributed by atoms with van der Waals surface area (Å²) in [4.78, 5) is 22.0. The minimum atomic E-state index is -0.500. The van der Waals surface area contributed by atoms with Crippen molar-refractivity contribution in [2.45, 2.75) is 33.4 Å². The van der Waals surface area contributed by atoms with Crippen molar-refractivity contribution in [1.82, 2.24) is 5.32 Å². The Labute approximate surface area is 111 Å². The smallest absolute Gasteiger partial charge is 0.322 e. The third-order valence-electron chi connectivity index (χ3n) is 2.74. The van der Waals surface area contributed by atoms with Crippen molar-refractivity contribution >= 4 is 11.7 Å². The molecule has 0 saturated heterocycles. The molecule has 0 spiro atoms. The van der Waals surface area contributed by atoms with Crippen molar-refractivity contribution < 1.29 is 14.5 Å². The molecule has 0 aliphatic carbocycles. The molecule has 0 radical (unpaired) electrons. The summed E-state index contributed by atoms with van der Waals surface area (Å²) >= 11 is 0. The highest BCUT2D eigenvalue weighted by molar-refractivity contribution is 5.75. The number of nitrogens with one attached hydrogen (secondary N) is 1. The monoisotopic (exact) mass is 266 g/mol. The van der Waals surface area contributed by atoms with E-state index in [2.05, 4.69) is 5.32 Å². The minimum Gasteiger partial charge on any atom is -0.465 e. The lowest BCUT2D eigenvalue weighted by Gasteiger charge is -2.13. The second-order valence-electron chi connectivity index (χ2n) is 4.19. The number of ether oxygens (including phenoxy) is 1. The molecule has 0 saturated carbocycles. The van der Waals surface area contributed by atoms with Gasteiger partial charge in [-0.05, 0) is 20.8 Å². The Morgan fingerprint density at radius 1 is 1.53 bits per heavy atom. The molecule has 0 heterocycles. The maximum absolute atomic E-state index is 11.4. The number of nitro benzene ring substituents is 1. The van der Waals surface area contributed by atoms with Crippen LogP contribution in [0.2, 0.25) is 0 Å². The van der Waals surface area contributed by atoms with E-state index in [-0.39, 0.29) is 18.2 Å². The largest absolute Gasteiger partial charge is 0.465 e. The van der Waals surface area contributed by atoms with Crippen molar-refractivity contribution in [2.75, 3.05) is 6.61 Å². The van der Waals surface area contributed by atoms with Crippen LogP contribution in [0.1, 0.15) is 25.0 Å². The van der Waals surface area contributed by atoms with Gasteiger partial charge in [-0.1, -0.05) is 18.2 Å². The number of aryl methyl sites for hydroxylation is 1. The summed E-state index contributed by atoms with van der Waals surface area (Å²) in [6.45, 7) is 5.65. The van der Waals surface area contributed by atoms with E-state index >= 15 is 0 Å². The van der Waals surface area contributed by atoms with Crippen LogP contribution in [-0.4, -0.2) is 23.5 Å². The minimum absolute atomic E-state index is 0.0889. The molecule has 0 fully saturated rings. The van der Waals surface area contributed by atoms with Crippen molar-refractivity contribution in [3.8, 4) is 0 Å². The highest BCUT2D eigenvalue weighted by Gasteiger charge is 2.19. The average Bonchev–Trinajstić information content (AvgIpc) is 2.35. The molecule has 0 aliphatic heterocycles. The Hall–Kier alpha value is -1.95. The molecule has 6 heteroatoms. The first kappa shape index (κ1) is 15.1. The quantitative estimate of drug-likeness (QED) is 0.483. The van der Waals surface area contributed by atoms with E-state index < -0.39 is 11.0 Å². The van der Waals surface area contributed by atoms with Crippen LogP contribution in [0.3, 0.4) is 0 Å². The van der Waals surface area contributed by atoms with E-state index in [4.69, 9.17) is 4.74 Å². The van der Waals surface area contributed by atoms with Gasteiger partial charge in [0.1, 0.15) is 6.04 Å². The Kier molecular flexibility index (Phi) is 5.44. The van der Waals surface area contributed by atoms with Crippen LogP contribution in [-0.2, 0) is 16.1 Å². The number of benzene rings is 1. The molecule has 0 aliphatic rings. The maximum atomic E-state index is 11.4. The van der Waals surface area contributed by atoms with Gasteiger partial charge in [0, 0.05) is 17.7 Å². The van der Waals surface area contributed by atoms with Gasteiger partial charge in [0.2, 0.25) is 0 Å². The fourth-order valence-corrected chi connectivity index (χ4v) is 1.74. The first-order valence-corrected chi connectivity index (χ1v) is 6.10. The summed E-state index contributed by atoms with van der Waals surface area (Å²) in [5.74, 6) is -0.363. The molecule has 1 N–H and O–H groups in total. The van der Waals surface area contributed by atoms with Crippen molar-refractivity contribution in [3.05, 3.63) is 39.4 Å². The van der Waals surface area contributed by atoms with Gasteiger partial charge in [-0.25, -0.2) is 0 Å². The number of para-hydroxylation sites is 1. The summed E-state index contributed by atoms with van der Waals surface area (Å²) in [7, 11) is 0. The zero-order chi connectivity index (χ0) is 14.4. The lowest BCUT2D eigenvalue weighted by atomic mass is 10.1. The van der Waals surface area contributed by atoms with Gasteiger partial charge in [0.05, 0.1) is 11.5 Å². The zero-order valence-corrected chi connectivity index (χ0v) is 11.3. The normalized spacial score (nSPS) is 11.9. The summed E-state index contributed by atoms with van der Waals surface area (Å²) in [5.41, 5.74) is 1.25. The molecule has 0 unspecified atom stereocenters. The Balaban J connectivity index is 2.76. The standard InChI is InChI=1S/C13H18N2O4/c1-4-19-13(16)10(3)14-8-11-7-5-6-9(2)12(11)15(17)18/h5-7,10,14H,4,8H2,1-3H3/t10-/m0/s1. The van der Waals surface area contributed by atoms with Gasteiger partial charge in [0.25, 0.3) is 5.69 Å². The molecule has 0 amide bonds. The van der Waals surface area contributed by atoms with E-state index in [1.54, 1.807) is 39.0 Å². The summed E-state index contributed by atoms with van der Waals surface area (Å²) < 4.78 is 4.86. The van der Waals surface area contributed by atoms with Crippen LogP contribution in [0, 0.1) is 17.0 Å². The second kappa shape index (κ2) is 6.84. The first-order chi connectivity index (χ1) is 8.97. The van der Waals surface area contributed by atoms with E-state index in [0.717, 1.165) is 0 Å². The van der Waals surface area contributed by atoms with Crippen molar-refractivity contribution in [2.24, 2.45) is 0 Å². The molecule has 1 aromatic rings. The van der Waals surface area contributed by atoms with Crippen LogP contribution in [0.5, 0.6) is 0 Å².